The van der Waals surface area contributed by atoms with E-state index in [0.29, 0.717) is 5.02 Å². The monoisotopic (exact) mass is 367 g/mol. The molecule has 2 rings (SSSR count). The van der Waals surface area contributed by atoms with Crippen LogP contribution in [0.2, 0.25) is 5.02 Å². The minimum atomic E-state index is -1.05. The number of likely N-dealkylation sites (tertiary alicyclic amines) is 1. The van der Waals surface area contributed by atoms with Crippen LogP contribution in [0.3, 0.4) is 0 Å². The average Bonchev–Trinajstić information content (AvgIpc) is 2.84. The lowest BCUT2D eigenvalue weighted by molar-refractivity contribution is -0.151. The van der Waals surface area contributed by atoms with E-state index < -0.39 is 35.5 Å². The number of hydrogen-bond donors (Lipinski definition) is 0. The van der Waals surface area contributed by atoms with E-state index in [4.69, 9.17) is 21.1 Å². The molecule has 0 bridgehead atoms. The maximum atomic E-state index is 12.5. The van der Waals surface area contributed by atoms with Gasteiger partial charge in [-0.15, -0.1) is 0 Å². The molecule has 0 radical (unpaired) electrons. The van der Waals surface area contributed by atoms with Crippen molar-refractivity contribution >= 4 is 29.6 Å². The smallest absolute Gasteiger partial charge is 0.417 e. The highest BCUT2D eigenvalue weighted by molar-refractivity contribution is 6.30. The van der Waals surface area contributed by atoms with Gasteiger partial charge in [0, 0.05) is 17.4 Å². The number of nitrogens with zero attached hydrogens (tertiary/aromatic N) is 1. The van der Waals surface area contributed by atoms with Gasteiger partial charge in [-0.1, -0.05) is 23.7 Å². The van der Waals surface area contributed by atoms with Crippen LogP contribution >= 0.6 is 11.6 Å². The Morgan fingerprint density at radius 1 is 1.24 bits per heavy atom. The van der Waals surface area contributed by atoms with E-state index in [1.807, 2.05) is 0 Å². The fourth-order valence-electron chi connectivity index (χ4n) is 2.77. The standard InChI is InChI=1S/C18H22ClNO5/c1-5-24-16(22)15-13(11-6-8-12(19)9-7-11)10-14(21)20(15)17(23)25-18(2,3)4/h6-9,13,15H,5,10H2,1-4H3/t13-,15+/m1/s1. The summed E-state index contributed by atoms with van der Waals surface area (Å²) in [5.41, 5.74) is -0.0450. The van der Waals surface area contributed by atoms with Gasteiger partial charge in [-0.2, -0.15) is 0 Å². The molecule has 6 nitrogen and oxygen atoms in total. The number of ether oxygens (including phenoxy) is 2. The number of benzene rings is 1. The Balaban J connectivity index is 2.37. The van der Waals surface area contributed by atoms with Crippen LogP contribution in [0.4, 0.5) is 4.79 Å². The van der Waals surface area contributed by atoms with Crippen LogP contribution in [-0.2, 0) is 19.1 Å². The van der Waals surface area contributed by atoms with E-state index in [0.717, 1.165) is 10.5 Å². The van der Waals surface area contributed by atoms with Crippen molar-refractivity contribution in [3.8, 4) is 0 Å². The number of rotatable bonds is 3. The number of esters is 1. The first-order chi connectivity index (χ1) is 11.6. The molecule has 1 aromatic rings. The van der Waals surface area contributed by atoms with Crippen molar-refractivity contribution in [2.45, 2.75) is 51.7 Å². The molecule has 0 saturated carbocycles. The zero-order chi connectivity index (χ0) is 18.8. The molecule has 2 amide bonds. The van der Waals surface area contributed by atoms with E-state index in [1.54, 1.807) is 52.0 Å². The second-order valence-corrected chi connectivity index (χ2v) is 7.24. The normalized spacial score (nSPS) is 20.5. The third-order valence-electron chi connectivity index (χ3n) is 3.74. The van der Waals surface area contributed by atoms with Gasteiger partial charge in [0.2, 0.25) is 5.91 Å². The van der Waals surface area contributed by atoms with Gasteiger partial charge in [0.05, 0.1) is 6.61 Å². The molecule has 1 aliphatic rings. The number of hydrogen-bond acceptors (Lipinski definition) is 5. The molecule has 0 N–H and O–H groups in total. The Labute approximate surface area is 152 Å². The second-order valence-electron chi connectivity index (χ2n) is 6.80. The molecule has 2 atom stereocenters. The van der Waals surface area contributed by atoms with Crippen LogP contribution in [0, 0.1) is 0 Å². The zero-order valence-corrected chi connectivity index (χ0v) is 15.5. The molecule has 0 unspecified atom stereocenters. The molecule has 25 heavy (non-hydrogen) atoms. The minimum absolute atomic E-state index is 0.0182. The van der Waals surface area contributed by atoms with Crippen molar-refractivity contribution in [1.29, 1.82) is 0 Å². The van der Waals surface area contributed by atoms with E-state index in [-0.39, 0.29) is 13.0 Å². The zero-order valence-electron chi connectivity index (χ0n) is 14.7. The molecule has 1 aromatic carbocycles. The molecule has 0 aliphatic carbocycles. The number of carbonyl (C=O) groups excluding carboxylic acids is 3. The lowest BCUT2D eigenvalue weighted by atomic mass is 9.91. The number of carbonyl (C=O) groups is 3. The van der Waals surface area contributed by atoms with Crippen LogP contribution in [0.15, 0.2) is 24.3 Å². The third kappa shape index (κ3) is 4.51. The van der Waals surface area contributed by atoms with Gasteiger partial charge in [-0.25, -0.2) is 14.5 Å². The Hall–Kier alpha value is -2.08. The van der Waals surface area contributed by atoms with E-state index in [2.05, 4.69) is 0 Å². The minimum Gasteiger partial charge on any atom is -0.464 e. The first kappa shape index (κ1) is 19.2. The molecule has 7 heteroatoms. The van der Waals surface area contributed by atoms with E-state index >= 15 is 0 Å². The fraction of sp³-hybridized carbons (Fsp3) is 0.500. The van der Waals surface area contributed by atoms with Crippen LogP contribution in [-0.4, -0.2) is 41.1 Å². The molecule has 1 saturated heterocycles. The van der Waals surface area contributed by atoms with E-state index in [9.17, 15) is 14.4 Å². The lowest BCUT2D eigenvalue weighted by Gasteiger charge is -2.28. The fourth-order valence-corrected chi connectivity index (χ4v) is 2.89. The highest BCUT2D eigenvalue weighted by Gasteiger charge is 2.50. The number of imide groups is 1. The second kappa shape index (κ2) is 7.44. The Morgan fingerprint density at radius 2 is 1.84 bits per heavy atom. The molecule has 1 heterocycles. The molecule has 0 aromatic heterocycles. The van der Waals surface area contributed by atoms with Gasteiger partial charge in [0.25, 0.3) is 0 Å². The summed E-state index contributed by atoms with van der Waals surface area (Å²) in [4.78, 5) is 38.3. The van der Waals surface area contributed by atoms with Gasteiger partial charge in [-0.05, 0) is 45.4 Å². The van der Waals surface area contributed by atoms with Crippen molar-refractivity contribution in [3.05, 3.63) is 34.9 Å². The van der Waals surface area contributed by atoms with Crippen LogP contribution in [0.5, 0.6) is 0 Å². The average molecular weight is 368 g/mol. The highest BCUT2D eigenvalue weighted by Crippen LogP contribution is 2.36. The van der Waals surface area contributed by atoms with Crippen molar-refractivity contribution < 1.29 is 23.9 Å². The maximum Gasteiger partial charge on any atom is 0.417 e. The van der Waals surface area contributed by atoms with Gasteiger partial charge in [0.15, 0.2) is 0 Å². The number of halogens is 1. The molecule has 0 spiro atoms. The van der Waals surface area contributed by atoms with Crippen molar-refractivity contribution in [3.63, 3.8) is 0 Å². The number of amides is 2. The molecule has 136 valence electrons. The summed E-state index contributed by atoms with van der Waals surface area (Å²) in [5.74, 6) is -1.59. The first-order valence-electron chi connectivity index (χ1n) is 8.11. The SMILES string of the molecule is CCOC(=O)[C@@H]1[C@@H](c2ccc(Cl)cc2)CC(=O)N1C(=O)OC(C)(C)C. The van der Waals surface area contributed by atoms with E-state index in [1.165, 1.54) is 0 Å². The summed E-state index contributed by atoms with van der Waals surface area (Å²) in [5, 5.41) is 0.546. The predicted octanol–water partition coefficient (Wildman–Crippen LogP) is 3.52. The third-order valence-corrected chi connectivity index (χ3v) is 3.99. The largest absolute Gasteiger partial charge is 0.464 e. The van der Waals surface area contributed by atoms with Crippen molar-refractivity contribution in [2.24, 2.45) is 0 Å². The molecule has 1 aliphatic heterocycles. The van der Waals surface area contributed by atoms with Crippen molar-refractivity contribution in [1.82, 2.24) is 4.90 Å². The Bertz CT molecular complexity index is 665. The summed E-state index contributed by atoms with van der Waals surface area (Å²) >= 11 is 5.90. The summed E-state index contributed by atoms with van der Waals surface area (Å²) < 4.78 is 10.4. The molecular formula is C18H22ClNO5. The molecule has 1 fully saturated rings. The van der Waals surface area contributed by atoms with Gasteiger partial charge in [0.1, 0.15) is 11.6 Å². The van der Waals surface area contributed by atoms with Gasteiger partial charge in [-0.3, -0.25) is 4.79 Å². The Kier molecular flexibility index (Phi) is 5.72. The maximum absolute atomic E-state index is 12.5. The van der Waals surface area contributed by atoms with Crippen molar-refractivity contribution in [2.75, 3.05) is 6.61 Å². The summed E-state index contributed by atoms with van der Waals surface area (Å²) in [6.45, 7) is 6.91. The topological polar surface area (TPSA) is 72.9 Å². The lowest BCUT2D eigenvalue weighted by Crippen LogP contribution is -2.47. The molecular weight excluding hydrogens is 346 g/mol. The Morgan fingerprint density at radius 3 is 2.36 bits per heavy atom. The van der Waals surface area contributed by atoms with Gasteiger partial charge >= 0.3 is 12.1 Å². The quantitative estimate of drug-likeness (QED) is 0.764. The van der Waals surface area contributed by atoms with Gasteiger partial charge < -0.3 is 9.47 Å². The summed E-state index contributed by atoms with van der Waals surface area (Å²) in [6, 6.07) is 5.79. The predicted molar refractivity (Wildman–Crippen MR) is 92.3 cm³/mol. The van der Waals surface area contributed by atoms with Crippen LogP contribution in [0.25, 0.3) is 0 Å². The summed E-state index contributed by atoms with van der Waals surface area (Å²) in [6.07, 6.45) is -0.823. The summed E-state index contributed by atoms with van der Waals surface area (Å²) in [7, 11) is 0. The first-order valence-corrected chi connectivity index (χ1v) is 8.49. The van der Waals surface area contributed by atoms with Crippen LogP contribution in [0.1, 0.15) is 45.6 Å². The van der Waals surface area contributed by atoms with Crippen LogP contribution < -0.4 is 0 Å². The highest BCUT2D eigenvalue weighted by atomic mass is 35.5.